The van der Waals surface area contributed by atoms with Crippen LogP contribution in [0.4, 0.5) is 23.7 Å². The van der Waals surface area contributed by atoms with E-state index in [9.17, 15) is 18.0 Å². The second-order valence-corrected chi connectivity index (χ2v) is 7.14. The molecule has 1 aromatic heterocycles. The second kappa shape index (κ2) is 7.27. The minimum Gasteiger partial charge on any atom is -0.356 e. The van der Waals surface area contributed by atoms with E-state index in [0.29, 0.717) is 28.9 Å². The molecule has 2 aromatic carbocycles. The number of nitrogens with zero attached hydrogens (tertiary/aromatic N) is 2. The Morgan fingerprint density at radius 2 is 1.97 bits per heavy atom. The van der Waals surface area contributed by atoms with E-state index in [0.717, 1.165) is 12.1 Å². The molecule has 0 fully saturated rings. The zero-order valence-corrected chi connectivity index (χ0v) is 15.8. The van der Waals surface area contributed by atoms with Crippen LogP contribution in [0.15, 0.2) is 40.9 Å². The summed E-state index contributed by atoms with van der Waals surface area (Å²) in [4.78, 5) is 14.4. The molecule has 2 heterocycles. The highest BCUT2D eigenvalue weighted by atomic mass is 19.1. The van der Waals surface area contributed by atoms with Crippen LogP contribution in [0.5, 0.6) is 0 Å². The van der Waals surface area contributed by atoms with E-state index < -0.39 is 11.6 Å². The van der Waals surface area contributed by atoms with Crippen LogP contribution in [0.25, 0.3) is 11.3 Å². The molecule has 1 atom stereocenters. The van der Waals surface area contributed by atoms with E-state index >= 15 is 0 Å². The standard InChI is InChI=1S/C21H18F3N3O2/c1-11-7-14(4-6-17(11)23)25-21(28)27-10-16-19(8-12(27)2)26-29-20(16)15-5-3-13(22)9-18(15)24/h3-7,9,12H,8,10H2,1-2H3,(H,25,28)/t12-/m0/s1. The first-order chi connectivity index (χ1) is 13.8. The van der Waals surface area contributed by atoms with Crippen LogP contribution in [-0.2, 0) is 13.0 Å². The molecule has 0 unspecified atom stereocenters. The van der Waals surface area contributed by atoms with Crippen molar-refractivity contribution >= 4 is 11.7 Å². The Morgan fingerprint density at radius 3 is 2.69 bits per heavy atom. The number of urea groups is 1. The highest BCUT2D eigenvalue weighted by Gasteiger charge is 2.33. The lowest BCUT2D eigenvalue weighted by Crippen LogP contribution is -2.44. The summed E-state index contributed by atoms with van der Waals surface area (Å²) in [7, 11) is 0. The lowest BCUT2D eigenvalue weighted by molar-refractivity contribution is 0.182. The molecular formula is C21H18F3N3O2. The topological polar surface area (TPSA) is 58.4 Å². The zero-order chi connectivity index (χ0) is 20.7. The monoisotopic (exact) mass is 401 g/mol. The number of carbonyl (C=O) groups excluding carboxylic acids is 1. The lowest BCUT2D eigenvalue weighted by atomic mass is 9.97. The highest BCUT2D eigenvalue weighted by molar-refractivity contribution is 5.90. The number of nitrogens with one attached hydrogen (secondary N) is 1. The number of rotatable bonds is 2. The van der Waals surface area contributed by atoms with Gasteiger partial charge in [0.1, 0.15) is 17.5 Å². The zero-order valence-electron chi connectivity index (χ0n) is 15.8. The number of aryl methyl sites for hydroxylation is 1. The predicted molar refractivity (Wildman–Crippen MR) is 101 cm³/mol. The van der Waals surface area contributed by atoms with Crippen molar-refractivity contribution < 1.29 is 22.5 Å². The summed E-state index contributed by atoms with van der Waals surface area (Å²) in [6.45, 7) is 3.63. The maximum atomic E-state index is 14.2. The molecule has 0 saturated carbocycles. The lowest BCUT2D eigenvalue weighted by Gasteiger charge is -2.32. The highest BCUT2D eigenvalue weighted by Crippen LogP contribution is 2.34. The van der Waals surface area contributed by atoms with E-state index in [-0.39, 0.29) is 35.8 Å². The van der Waals surface area contributed by atoms with Crippen molar-refractivity contribution in [3.63, 3.8) is 0 Å². The van der Waals surface area contributed by atoms with Crippen LogP contribution in [0.2, 0.25) is 0 Å². The summed E-state index contributed by atoms with van der Waals surface area (Å²) in [5.74, 6) is -1.63. The van der Waals surface area contributed by atoms with Crippen molar-refractivity contribution in [3.8, 4) is 11.3 Å². The van der Waals surface area contributed by atoms with E-state index in [2.05, 4.69) is 10.5 Å². The third-order valence-corrected chi connectivity index (χ3v) is 5.06. The van der Waals surface area contributed by atoms with Gasteiger partial charge in [0.2, 0.25) is 0 Å². The predicted octanol–water partition coefficient (Wildman–Crippen LogP) is 5.05. The van der Waals surface area contributed by atoms with Crippen molar-refractivity contribution in [2.24, 2.45) is 0 Å². The number of aromatic nitrogens is 1. The van der Waals surface area contributed by atoms with Gasteiger partial charge in [-0.2, -0.15) is 0 Å². The average Bonchev–Trinajstić information content (AvgIpc) is 3.06. The van der Waals surface area contributed by atoms with Gasteiger partial charge < -0.3 is 14.7 Å². The number of halogens is 3. The van der Waals surface area contributed by atoms with Gasteiger partial charge in [-0.25, -0.2) is 18.0 Å². The van der Waals surface area contributed by atoms with Crippen LogP contribution in [0, 0.1) is 24.4 Å². The van der Waals surface area contributed by atoms with Crippen LogP contribution in [-0.4, -0.2) is 22.1 Å². The molecule has 4 rings (SSSR count). The SMILES string of the molecule is Cc1cc(NC(=O)N2Cc3c(noc3-c3ccc(F)cc3F)C[C@@H]2C)ccc1F. The van der Waals surface area contributed by atoms with E-state index in [1.165, 1.54) is 18.2 Å². The second-order valence-electron chi connectivity index (χ2n) is 7.14. The molecule has 0 saturated heterocycles. The molecule has 1 aliphatic rings. The molecule has 0 radical (unpaired) electrons. The van der Waals surface area contributed by atoms with Gasteiger partial charge in [0, 0.05) is 29.8 Å². The summed E-state index contributed by atoms with van der Waals surface area (Å²) in [5.41, 5.74) is 2.20. The maximum absolute atomic E-state index is 14.2. The van der Waals surface area contributed by atoms with Gasteiger partial charge in [0.25, 0.3) is 0 Å². The largest absolute Gasteiger partial charge is 0.356 e. The first kappa shape index (κ1) is 19.0. The number of fused-ring (bicyclic) bond motifs is 1. The Morgan fingerprint density at radius 1 is 1.17 bits per heavy atom. The summed E-state index contributed by atoms with van der Waals surface area (Å²) < 4.78 is 46.2. The van der Waals surface area contributed by atoms with E-state index in [1.54, 1.807) is 17.9 Å². The fourth-order valence-corrected chi connectivity index (χ4v) is 3.46. The number of benzene rings is 2. The average molecular weight is 401 g/mol. The molecule has 0 aliphatic carbocycles. The van der Waals surface area contributed by atoms with Crippen LogP contribution in [0.3, 0.4) is 0 Å². The third-order valence-electron chi connectivity index (χ3n) is 5.06. The Balaban J connectivity index is 1.61. The minimum absolute atomic E-state index is 0.0872. The Hall–Kier alpha value is -3.29. The molecule has 150 valence electrons. The van der Waals surface area contributed by atoms with E-state index in [4.69, 9.17) is 4.52 Å². The van der Waals surface area contributed by atoms with Crippen molar-refractivity contribution in [3.05, 3.63) is 70.7 Å². The fraction of sp³-hybridized carbons (Fsp3) is 0.238. The summed E-state index contributed by atoms with van der Waals surface area (Å²) in [6.07, 6.45) is 0.428. The molecule has 0 bridgehead atoms. The molecule has 29 heavy (non-hydrogen) atoms. The molecule has 2 amide bonds. The molecule has 8 heteroatoms. The molecule has 1 aliphatic heterocycles. The fourth-order valence-electron chi connectivity index (χ4n) is 3.46. The molecule has 3 aromatic rings. The van der Waals surface area contributed by atoms with Crippen molar-refractivity contribution in [1.29, 1.82) is 0 Å². The molecular weight excluding hydrogens is 383 g/mol. The van der Waals surface area contributed by atoms with E-state index in [1.807, 2.05) is 6.92 Å². The van der Waals surface area contributed by atoms with Gasteiger partial charge in [-0.15, -0.1) is 0 Å². The number of hydrogen-bond donors (Lipinski definition) is 1. The van der Waals surface area contributed by atoms with Gasteiger partial charge in [-0.1, -0.05) is 5.16 Å². The Labute approximate surface area is 165 Å². The Bertz CT molecular complexity index is 1100. The van der Waals surface area contributed by atoms with Crippen LogP contribution >= 0.6 is 0 Å². The summed E-state index contributed by atoms with van der Waals surface area (Å²) in [6, 6.07) is 6.97. The third kappa shape index (κ3) is 3.57. The summed E-state index contributed by atoms with van der Waals surface area (Å²) in [5, 5.41) is 6.77. The summed E-state index contributed by atoms with van der Waals surface area (Å²) >= 11 is 0. The first-order valence-corrected chi connectivity index (χ1v) is 9.10. The van der Waals surface area contributed by atoms with Crippen LogP contribution in [0.1, 0.15) is 23.7 Å². The molecule has 5 nitrogen and oxygen atoms in total. The molecule has 1 N–H and O–H groups in total. The normalized spacial score (nSPS) is 15.9. The van der Waals surface area contributed by atoms with Gasteiger partial charge in [0.05, 0.1) is 17.8 Å². The maximum Gasteiger partial charge on any atom is 0.322 e. The molecule has 0 spiro atoms. The number of anilines is 1. The quantitative estimate of drug-likeness (QED) is 0.654. The number of hydrogen-bond acceptors (Lipinski definition) is 3. The van der Waals surface area contributed by atoms with Gasteiger partial charge in [-0.05, 0) is 49.7 Å². The van der Waals surface area contributed by atoms with Gasteiger partial charge in [0.15, 0.2) is 5.76 Å². The van der Waals surface area contributed by atoms with Crippen LogP contribution < -0.4 is 5.32 Å². The number of amides is 2. The van der Waals surface area contributed by atoms with Crippen molar-refractivity contribution in [2.45, 2.75) is 32.9 Å². The van der Waals surface area contributed by atoms with Crippen molar-refractivity contribution in [1.82, 2.24) is 10.1 Å². The number of carbonyl (C=O) groups is 1. The minimum atomic E-state index is -0.764. The first-order valence-electron chi connectivity index (χ1n) is 9.10. The Kier molecular flexibility index (Phi) is 4.77. The van der Waals surface area contributed by atoms with Gasteiger partial charge in [-0.3, -0.25) is 0 Å². The smallest absolute Gasteiger partial charge is 0.322 e. The van der Waals surface area contributed by atoms with Crippen molar-refractivity contribution in [2.75, 3.05) is 5.32 Å². The van der Waals surface area contributed by atoms with Gasteiger partial charge >= 0.3 is 6.03 Å².